The summed E-state index contributed by atoms with van der Waals surface area (Å²) in [5.41, 5.74) is 3.13. The van der Waals surface area contributed by atoms with Gasteiger partial charge in [0.25, 0.3) is 0 Å². The average Bonchev–Trinajstić information content (AvgIpc) is 3.49. The van der Waals surface area contributed by atoms with Crippen LogP contribution in [0.3, 0.4) is 0 Å². The fraction of sp³-hybridized carbons (Fsp3) is 0.0857. The zero-order chi connectivity index (χ0) is 30.7. The second kappa shape index (κ2) is 11.6. The van der Waals surface area contributed by atoms with Gasteiger partial charge < -0.3 is 9.30 Å². The Morgan fingerprint density at radius 1 is 0.733 bits per heavy atom. The molecule has 3 heterocycles. The molecule has 10 heteroatoms. The third-order valence-electron chi connectivity index (χ3n) is 7.54. The van der Waals surface area contributed by atoms with E-state index in [0.717, 1.165) is 33.2 Å². The molecule has 0 saturated heterocycles. The number of hydrogen-bond donors (Lipinski definition) is 0. The van der Waals surface area contributed by atoms with Gasteiger partial charge in [0.2, 0.25) is 0 Å². The van der Waals surface area contributed by atoms with Crippen molar-refractivity contribution in [1.29, 1.82) is 0 Å². The average molecular weight is 786 g/mol. The minimum absolute atomic E-state index is 0. The summed E-state index contributed by atoms with van der Waals surface area (Å²) in [7, 11) is 0. The number of aryl methyl sites for hydroxylation is 2. The second-order valence-corrected chi connectivity index (χ2v) is 10.4. The number of hydrogen-bond acceptors (Lipinski definition) is 3. The topological polar surface area (TPSA) is 44.9 Å². The molecule has 226 valence electrons. The van der Waals surface area contributed by atoms with Gasteiger partial charge in [0, 0.05) is 40.5 Å². The Balaban J connectivity index is 0.00000357. The molecule has 0 N–H and O–H groups in total. The van der Waals surface area contributed by atoms with E-state index in [1.165, 1.54) is 11.6 Å². The van der Waals surface area contributed by atoms with Gasteiger partial charge >= 0.3 is 21.1 Å². The van der Waals surface area contributed by atoms with E-state index in [9.17, 15) is 17.6 Å². The van der Waals surface area contributed by atoms with Crippen LogP contribution >= 0.6 is 0 Å². The van der Waals surface area contributed by atoms with Crippen LogP contribution in [0.5, 0.6) is 11.5 Å². The Morgan fingerprint density at radius 2 is 1.51 bits per heavy atom. The maximum atomic E-state index is 14.7. The van der Waals surface area contributed by atoms with Crippen molar-refractivity contribution in [1.82, 2.24) is 19.3 Å². The molecule has 7 aromatic rings. The van der Waals surface area contributed by atoms with Crippen LogP contribution in [0.25, 0.3) is 44.4 Å². The van der Waals surface area contributed by atoms with Gasteiger partial charge in [-0.3, -0.25) is 4.68 Å². The summed E-state index contributed by atoms with van der Waals surface area (Å²) in [6.45, 7) is 5.12. The Morgan fingerprint density at radius 3 is 2.31 bits per heavy atom. The molecule has 0 radical (unpaired) electrons. The molecule has 0 amide bonds. The first-order valence-electron chi connectivity index (χ1n) is 13.7. The molecular formula is C35H22F4N4OPt. The van der Waals surface area contributed by atoms with Crippen LogP contribution < -0.4 is 4.74 Å². The molecule has 0 unspecified atom stereocenters. The quantitative estimate of drug-likeness (QED) is 0.0759. The molecular weight excluding hydrogens is 763 g/mol. The number of para-hydroxylation sites is 1. The van der Waals surface area contributed by atoms with E-state index in [0.29, 0.717) is 28.9 Å². The van der Waals surface area contributed by atoms with Crippen LogP contribution in [0, 0.1) is 56.2 Å². The maximum Gasteiger partial charge on any atom is 2.00 e. The Hall–Kier alpha value is -4.75. The van der Waals surface area contributed by atoms with Crippen LogP contribution in [0.4, 0.5) is 17.6 Å². The molecule has 0 fully saturated rings. The number of ether oxygens (including phenoxy) is 1. The van der Waals surface area contributed by atoms with Crippen LogP contribution in [-0.4, -0.2) is 19.3 Å². The second-order valence-electron chi connectivity index (χ2n) is 10.4. The molecule has 0 atom stereocenters. The van der Waals surface area contributed by atoms with Crippen molar-refractivity contribution in [3.05, 3.63) is 131 Å². The van der Waals surface area contributed by atoms with Crippen molar-refractivity contribution >= 4 is 21.8 Å². The van der Waals surface area contributed by atoms with Gasteiger partial charge in [-0.1, -0.05) is 23.7 Å². The van der Waals surface area contributed by atoms with Crippen molar-refractivity contribution in [2.24, 2.45) is 0 Å². The van der Waals surface area contributed by atoms with E-state index in [4.69, 9.17) is 4.74 Å². The Kier molecular flexibility index (Phi) is 7.83. The number of halogens is 4. The summed E-state index contributed by atoms with van der Waals surface area (Å²) in [5.74, 6) is -4.66. The number of aromatic nitrogens is 4. The Bertz CT molecular complexity index is 2260. The van der Waals surface area contributed by atoms with Crippen molar-refractivity contribution in [3.63, 3.8) is 0 Å². The fourth-order valence-electron chi connectivity index (χ4n) is 5.59. The summed E-state index contributed by atoms with van der Waals surface area (Å²) >= 11 is 0. The molecule has 0 aliphatic heterocycles. The first kappa shape index (κ1) is 30.3. The van der Waals surface area contributed by atoms with E-state index >= 15 is 0 Å². The summed E-state index contributed by atoms with van der Waals surface area (Å²) < 4.78 is 66.6. The van der Waals surface area contributed by atoms with Gasteiger partial charge in [-0.15, -0.1) is 35.7 Å². The molecule has 7 rings (SSSR count). The monoisotopic (exact) mass is 785 g/mol. The Labute approximate surface area is 270 Å². The fourth-order valence-corrected chi connectivity index (χ4v) is 5.59. The predicted molar refractivity (Wildman–Crippen MR) is 159 cm³/mol. The van der Waals surface area contributed by atoms with Crippen LogP contribution in [0.1, 0.15) is 17.0 Å². The van der Waals surface area contributed by atoms with Crippen LogP contribution in [-0.2, 0) is 21.1 Å². The van der Waals surface area contributed by atoms with Gasteiger partial charge in [-0.2, -0.15) is 17.2 Å². The molecule has 0 aliphatic rings. The van der Waals surface area contributed by atoms with E-state index in [2.05, 4.69) is 28.3 Å². The zero-order valence-corrected chi connectivity index (χ0v) is 26.3. The normalized spacial score (nSPS) is 11.3. The maximum absolute atomic E-state index is 14.7. The van der Waals surface area contributed by atoms with Gasteiger partial charge in [0.15, 0.2) is 17.5 Å². The third-order valence-corrected chi connectivity index (χ3v) is 7.54. The third kappa shape index (κ3) is 5.11. The minimum Gasteiger partial charge on any atom is -0.509 e. The van der Waals surface area contributed by atoms with Crippen LogP contribution in [0.2, 0.25) is 0 Å². The predicted octanol–water partition coefficient (Wildman–Crippen LogP) is 8.90. The number of fused-ring (bicyclic) bond motifs is 3. The number of rotatable bonds is 5. The number of benzene rings is 4. The van der Waals surface area contributed by atoms with E-state index in [1.54, 1.807) is 31.3 Å². The number of nitrogens with zero attached hydrogens (tertiary/aromatic N) is 4. The number of pyridine rings is 1. The molecule has 0 spiro atoms. The van der Waals surface area contributed by atoms with Gasteiger partial charge in [0.05, 0.1) is 11.3 Å². The van der Waals surface area contributed by atoms with Crippen molar-refractivity contribution in [2.45, 2.75) is 20.8 Å². The van der Waals surface area contributed by atoms with Crippen molar-refractivity contribution in [3.8, 4) is 34.1 Å². The first-order valence-corrected chi connectivity index (χ1v) is 13.7. The minimum atomic E-state index is -1.75. The standard InChI is InChI=1S/C35H22F4N4O.Pt/c1-19-13-14-40-31(15-19)42-29-10-5-4-9-25(29)26-12-11-24(17-30(26)42)44-23-8-6-7-22(16-23)43-21(3)32(20(2)41-43)33-27(36)18-28(37)34(38)35(33)39;/h4-15,18H,1-3H3;/q-2;+2. The molecule has 0 aliphatic carbocycles. The van der Waals surface area contributed by atoms with E-state index < -0.39 is 28.8 Å². The zero-order valence-electron chi connectivity index (χ0n) is 24.0. The summed E-state index contributed by atoms with van der Waals surface area (Å²) in [5, 5.41) is 6.46. The molecule has 4 aromatic carbocycles. The molecule has 45 heavy (non-hydrogen) atoms. The molecule has 0 bridgehead atoms. The van der Waals surface area contributed by atoms with E-state index in [-0.39, 0.29) is 32.3 Å². The van der Waals surface area contributed by atoms with Crippen molar-refractivity contribution in [2.75, 3.05) is 0 Å². The van der Waals surface area contributed by atoms with Gasteiger partial charge in [0.1, 0.15) is 11.6 Å². The summed E-state index contributed by atoms with van der Waals surface area (Å²) in [6.07, 6.45) is 1.77. The summed E-state index contributed by atoms with van der Waals surface area (Å²) in [4.78, 5) is 4.60. The smallest absolute Gasteiger partial charge is 0.509 e. The van der Waals surface area contributed by atoms with Gasteiger partial charge in [-0.25, -0.2) is 22.5 Å². The largest absolute Gasteiger partial charge is 2.00 e. The SMILES string of the molecule is Cc1ccnc(-n2c3[c-]c(Oc4[c-]c(-n5nc(C)c(-c6c(F)cc(F)c(F)c6F)c5C)ccc4)ccc3c3ccccc32)c1.[Pt+2]. The molecule has 0 saturated carbocycles. The van der Waals surface area contributed by atoms with E-state index in [1.807, 2.05) is 54.0 Å². The molecule has 3 aromatic heterocycles. The van der Waals surface area contributed by atoms with Crippen LogP contribution in [0.15, 0.2) is 79.0 Å². The van der Waals surface area contributed by atoms with Gasteiger partial charge in [-0.05, 0) is 55.6 Å². The first-order chi connectivity index (χ1) is 21.2. The molecule has 5 nitrogen and oxygen atoms in total. The van der Waals surface area contributed by atoms with Crippen molar-refractivity contribution < 1.29 is 43.4 Å². The summed E-state index contributed by atoms with van der Waals surface area (Å²) in [6, 6.07) is 27.8.